The predicted octanol–water partition coefficient (Wildman–Crippen LogP) is -0.149. The zero-order valence-corrected chi connectivity index (χ0v) is 15.6. The Kier molecular flexibility index (Phi) is 5.09. The molecule has 3 heterocycles. The molecule has 156 valence electrons. The van der Waals surface area contributed by atoms with Gasteiger partial charge in [0, 0.05) is 23.4 Å². The van der Waals surface area contributed by atoms with Gasteiger partial charge in [0.25, 0.3) is 0 Å². The van der Waals surface area contributed by atoms with E-state index < -0.39 is 42.9 Å². The number of hydrogen-bond donors (Lipinski definition) is 4. The van der Waals surface area contributed by atoms with Gasteiger partial charge in [-0.1, -0.05) is 6.58 Å². The third-order valence-electron chi connectivity index (χ3n) is 5.20. The molecule has 29 heavy (non-hydrogen) atoms. The Morgan fingerprint density at radius 3 is 2.69 bits per heavy atom. The lowest BCUT2D eigenvalue weighted by molar-refractivity contribution is -0.277. The normalized spacial score (nSPS) is 31.3. The van der Waals surface area contributed by atoms with Gasteiger partial charge in [0.2, 0.25) is 12.0 Å². The molecule has 0 unspecified atom stereocenters. The van der Waals surface area contributed by atoms with Gasteiger partial charge in [-0.2, -0.15) is 0 Å². The van der Waals surface area contributed by atoms with Crippen molar-refractivity contribution in [3.63, 3.8) is 0 Å². The molecule has 0 amide bonds. The smallest absolute Gasteiger partial charge is 0.336 e. The molecule has 9 nitrogen and oxygen atoms in total. The summed E-state index contributed by atoms with van der Waals surface area (Å²) >= 11 is 0. The van der Waals surface area contributed by atoms with Crippen LogP contribution in [0, 0.1) is 0 Å². The van der Waals surface area contributed by atoms with E-state index in [0.29, 0.717) is 17.6 Å². The third-order valence-corrected chi connectivity index (χ3v) is 5.20. The van der Waals surface area contributed by atoms with Crippen LogP contribution in [0.3, 0.4) is 0 Å². The first-order chi connectivity index (χ1) is 13.8. The number of fused-ring (bicyclic) bond motifs is 2. The van der Waals surface area contributed by atoms with Crippen LogP contribution in [0.15, 0.2) is 39.6 Å². The second kappa shape index (κ2) is 7.43. The summed E-state index contributed by atoms with van der Waals surface area (Å²) in [5, 5.41) is 40.2. The van der Waals surface area contributed by atoms with Gasteiger partial charge in [-0.05, 0) is 24.6 Å². The monoisotopic (exact) mass is 406 g/mol. The summed E-state index contributed by atoms with van der Waals surface area (Å²) in [6.07, 6.45) is -7.10. The molecule has 1 saturated heterocycles. The van der Waals surface area contributed by atoms with Gasteiger partial charge < -0.3 is 39.1 Å². The quantitative estimate of drug-likeness (QED) is 0.403. The van der Waals surface area contributed by atoms with E-state index in [0.717, 1.165) is 11.1 Å². The highest BCUT2D eigenvalue weighted by Gasteiger charge is 2.45. The first-order valence-electron chi connectivity index (χ1n) is 9.19. The summed E-state index contributed by atoms with van der Waals surface area (Å²) in [7, 11) is 0. The SMILES string of the molecule is C=C(C)[C@H]1Cc2cc3ccc(=O)oc3c(O[C@@H]3O[C@H](CO)[C@@H](O)[C@H](O)[C@H]3O)c2O1. The van der Waals surface area contributed by atoms with Gasteiger partial charge in [0.05, 0.1) is 6.61 Å². The van der Waals surface area contributed by atoms with Crippen LogP contribution in [0.25, 0.3) is 11.0 Å². The van der Waals surface area contributed by atoms with E-state index in [1.807, 2.05) is 13.0 Å². The molecule has 0 radical (unpaired) electrons. The van der Waals surface area contributed by atoms with E-state index in [1.165, 1.54) is 6.07 Å². The Bertz CT molecular complexity index is 995. The summed E-state index contributed by atoms with van der Waals surface area (Å²) in [6, 6.07) is 4.67. The van der Waals surface area contributed by atoms with Crippen molar-refractivity contribution in [2.45, 2.75) is 50.2 Å². The fraction of sp³-hybridized carbons (Fsp3) is 0.450. The Morgan fingerprint density at radius 1 is 1.24 bits per heavy atom. The van der Waals surface area contributed by atoms with Gasteiger partial charge >= 0.3 is 5.63 Å². The van der Waals surface area contributed by atoms with E-state index in [2.05, 4.69) is 6.58 Å². The minimum Gasteiger partial charge on any atom is -0.481 e. The van der Waals surface area contributed by atoms with Crippen LogP contribution >= 0.6 is 0 Å². The molecule has 4 N–H and O–H groups in total. The molecule has 2 aromatic rings. The Hall–Kier alpha value is -2.43. The number of benzene rings is 1. The van der Waals surface area contributed by atoms with Crippen molar-refractivity contribution < 1.29 is 39.1 Å². The molecule has 0 spiro atoms. The van der Waals surface area contributed by atoms with Gasteiger partial charge in [0.15, 0.2) is 11.3 Å². The Morgan fingerprint density at radius 2 is 2.00 bits per heavy atom. The molecular formula is C20H22O9. The lowest BCUT2D eigenvalue weighted by atomic mass is 9.99. The largest absolute Gasteiger partial charge is 0.481 e. The summed E-state index contributed by atoms with van der Waals surface area (Å²) in [4.78, 5) is 11.8. The zero-order valence-electron chi connectivity index (χ0n) is 15.6. The molecule has 6 atom stereocenters. The maximum atomic E-state index is 11.8. The minimum absolute atomic E-state index is 0.0308. The second-order valence-corrected chi connectivity index (χ2v) is 7.34. The number of hydrogen-bond acceptors (Lipinski definition) is 9. The van der Waals surface area contributed by atoms with Gasteiger partial charge in [-0.25, -0.2) is 4.79 Å². The molecule has 4 rings (SSSR count). The first-order valence-corrected chi connectivity index (χ1v) is 9.19. The van der Waals surface area contributed by atoms with E-state index in [-0.39, 0.29) is 17.4 Å². The molecule has 1 fully saturated rings. The summed E-state index contributed by atoms with van der Waals surface area (Å²) in [5.74, 6) is 0.347. The van der Waals surface area contributed by atoms with Gasteiger partial charge in [-0.3, -0.25) is 0 Å². The number of aliphatic hydroxyl groups excluding tert-OH is 4. The maximum absolute atomic E-state index is 11.8. The molecule has 0 saturated carbocycles. The molecular weight excluding hydrogens is 384 g/mol. The van der Waals surface area contributed by atoms with Crippen LogP contribution in [0.5, 0.6) is 11.5 Å². The standard InChI is InChI=1S/C20H22O9/c1-8(2)11-6-10-5-9-3-4-13(22)28-17(9)19(18(10)26-11)29-20-16(25)15(24)14(23)12(7-21)27-20/h3-5,11-12,14-16,20-21,23-25H,1,6-7H2,2H3/t11-,12-,14-,15+,16-,20+/m1/s1. The highest BCUT2D eigenvalue weighted by molar-refractivity contribution is 5.87. The van der Waals surface area contributed by atoms with Crippen molar-refractivity contribution in [2.24, 2.45) is 0 Å². The molecule has 1 aromatic heterocycles. The average molecular weight is 406 g/mol. The van der Waals surface area contributed by atoms with E-state index >= 15 is 0 Å². The van der Waals surface area contributed by atoms with Crippen molar-refractivity contribution in [2.75, 3.05) is 6.61 Å². The van der Waals surface area contributed by atoms with Crippen LogP contribution in [0.2, 0.25) is 0 Å². The van der Waals surface area contributed by atoms with Crippen LogP contribution in [0.4, 0.5) is 0 Å². The highest BCUT2D eigenvalue weighted by atomic mass is 16.7. The van der Waals surface area contributed by atoms with Crippen molar-refractivity contribution in [3.8, 4) is 11.5 Å². The zero-order chi connectivity index (χ0) is 20.9. The molecule has 0 bridgehead atoms. The maximum Gasteiger partial charge on any atom is 0.336 e. The summed E-state index contributed by atoms with van der Waals surface area (Å²) in [5.41, 5.74) is 1.07. The van der Waals surface area contributed by atoms with Crippen molar-refractivity contribution in [1.82, 2.24) is 0 Å². The van der Waals surface area contributed by atoms with E-state index in [9.17, 15) is 25.2 Å². The van der Waals surface area contributed by atoms with Gasteiger partial charge in [0.1, 0.15) is 30.5 Å². The van der Waals surface area contributed by atoms with Crippen LogP contribution < -0.4 is 15.1 Å². The van der Waals surface area contributed by atoms with Crippen molar-refractivity contribution in [1.29, 1.82) is 0 Å². The Labute approximate surface area is 165 Å². The van der Waals surface area contributed by atoms with Crippen molar-refractivity contribution >= 4 is 11.0 Å². The first kappa shape index (κ1) is 19.9. The molecule has 1 aromatic carbocycles. The average Bonchev–Trinajstić information content (AvgIpc) is 3.12. The van der Waals surface area contributed by atoms with E-state index in [4.69, 9.17) is 18.6 Å². The summed E-state index contributed by atoms with van der Waals surface area (Å²) in [6.45, 7) is 5.14. The fourth-order valence-corrected chi connectivity index (χ4v) is 3.55. The predicted molar refractivity (Wildman–Crippen MR) is 99.8 cm³/mol. The van der Waals surface area contributed by atoms with Crippen molar-refractivity contribution in [3.05, 3.63) is 46.3 Å². The Balaban J connectivity index is 1.79. The van der Waals surface area contributed by atoms with Gasteiger partial charge in [-0.15, -0.1) is 0 Å². The summed E-state index contributed by atoms with van der Waals surface area (Å²) < 4.78 is 22.5. The lowest BCUT2D eigenvalue weighted by Crippen LogP contribution is -2.60. The number of ether oxygens (including phenoxy) is 3. The second-order valence-electron chi connectivity index (χ2n) is 7.34. The minimum atomic E-state index is -1.62. The molecule has 0 aliphatic carbocycles. The number of rotatable bonds is 4. The van der Waals surface area contributed by atoms with E-state index in [1.54, 1.807) is 6.07 Å². The molecule has 2 aliphatic rings. The number of aliphatic hydroxyl groups is 4. The third kappa shape index (κ3) is 3.41. The lowest BCUT2D eigenvalue weighted by Gasteiger charge is -2.39. The molecule has 2 aliphatic heterocycles. The van der Waals surface area contributed by atoms with Crippen LogP contribution in [-0.2, 0) is 11.2 Å². The fourth-order valence-electron chi connectivity index (χ4n) is 3.55. The topological polar surface area (TPSA) is 139 Å². The molecule has 9 heteroatoms. The van der Waals surface area contributed by atoms with Crippen LogP contribution in [-0.4, -0.2) is 63.8 Å². The highest BCUT2D eigenvalue weighted by Crippen LogP contribution is 2.45. The van der Waals surface area contributed by atoms with Crippen LogP contribution in [0.1, 0.15) is 12.5 Å².